The molecule has 0 atom stereocenters. The Balaban J connectivity index is 1.99. The SMILES string of the molecule is Cc1cccc(N(Cc2ccccc2)C(=O)Cn2nc(C)c(C)c(C#N)c2=O)c1. The zero-order valence-electron chi connectivity index (χ0n) is 16.7. The maximum Gasteiger partial charge on any atom is 0.285 e. The lowest BCUT2D eigenvalue weighted by Gasteiger charge is -2.24. The third-order valence-corrected chi connectivity index (χ3v) is 4.83. The standard InChI is InChI=1S/C23H22N4O2/c1-16-8-7-11-20(12-16)26(14-19-9-5-4-6-10-19)22(28)15-27-23(29)21(13-24)17(2)18(3)25-27/h4-12H,14-15H2,1-3H3. The Labute approximate surface area is 169 Å². The molecule has 1 amide bonds. The molecule has 6 nitrogen and oxygen atoms in total. The molecule has 0 spiro atoms. The molecule has 0 saturated carbocycles. The van der Waals surface area contributed by atoms with Gasteiger partial charge in [-0.1, -0.05) is 42.5 Å². The molecule has 0 aliphatic rings. The number of carbonyl (C=O) groups excluding carboxylic acids is 1. The molecule has 1 heterocycles. The van der Waals surface area contributed by atoms with Crippen LogP contribution in [0.25, 0.3) is 0 Å². The minimum absolute atomic E-state index is 0.0236. The normalized spacial score (nSPS) is 10.4. The Morgan fingerprint density at radius 1 is 1.10 bits per heavy atom. The van der Waals surface area contributed by atoms with Crippen molar-refractivity contribution < 1.29 is 4.79 Å². The van der Waals surface area contributed by atoms with Gasteiger partial charge in [0.15, 0.2) is 0 Å². The molecule has 2 aromatic carbocycles. The number of nitriles is 1. The number of benzene rings is 2. The summed E-state index contributed by atoms with van der Waals surface area (Å²) in [5, 5.41) is 13.5. The van der Waals surface area contributed by atoms with Gasteiger partial charge in [0.1, 0.15) is 18.2 Å². The first kappa shape index (κ1) is 20.0. The van der Waals surface area contributed by atoms with E-state index in [1.165, 1.54) is 0 Å². The Morgan fingerprint density at radius 3 is 2.48 bits per heavy atom. The molecule has 0 unspecified atom stereocenters. The number of hydrogen-bond donors (Lipinski definition) is 0. The van der Waals surface area contributed by atoms with Gasteiger partial charge in [-0.15, -0.1) is 0 Å². The number of anilines is 1. The third-order valence-electron chi connectivity index (χ3n) is 4.83. The topological polar surface area (TPSA) is 79.0 Å². The third kappa shape index (κ3) is 4.41. The zero-order valence-corrected chi connectivity index (χ0v) is 16.7. The molecule has 0 aliphatic heterocycles. The van der Waals surface area contributed by atoms with Gasteiger partial charge in [-0.3, -0.25) is 9.59 Å². The van der Waals surface area contributed by atoms with E-state index in [0.29, 0.717) is 17.8 Å². The van der Waals surface area contributed by atoms with Gasteiger partial charge in [0.05, 0.1) is 12.2 Å². The zero-order chi connectivity index (χ0) is 21.0. The van der Waals surface area contributed by atoms with Gasteiger partial charge in [-0.25, -0.2) is 4.68 Å². The average molecular weight is 386 g/mol. The quantitative estimate of drug-likeness (QED) is 0.674. The summed E-state index contributed by atoms with van der Waals surface area (Å²) in [7, 11) is 0. The van der Waals surface area contributed by atoms with E-state index in [1.807, 2.05) is 67.6 Å². The van der Waals surface area contributed by atoms with Crippen LogP contribution in [0.2, 0.25) is 0 Å². The number of rotatable bonds is 5. The van der Waals surface area contributed by atoms with Gasteiger partial charge >= 0.3 is 0 Å². The molecular weight excluding hydrogens is 364 g/mol. The highest BCUT2D eigenvalue weighted by molar-refractivity contribution is 5.93. The number of carbonyl (C=O) groups is 1. The van der Waals surface area contributed by atoms with Crippen molar-refractivity contribution in [2.45, 2.75) is 33.9 Å². The fourth-order valence-corrected chi connectivity index (χ4v) is 3.11. The van der Waals surface area contributed by atoms with Crippen molar-refractivity contribution in [3.63, 3.8) is 0 Å². The maximum atomic E-state index is 13.2. The van der Waals surface area contributed by atoms with E-state index in [1.54, 1.807) is 18.7 Å². The van der Waals surface area contributed by atoms with E-state index >= 15 is 0 Å². The second-order valence-corrected chi connectivity index (χ2v) is 6.96. The van der Waals surface area contributed by atoms with Gasteiger partial charge in [-0.2, -0.15) is 10.4 Å². The van der Waals surface area contributed by atoms with Crippen molar-refractivity contribution in [3.8, 4) is 6.07 Å². The van der Waals surface area contributed by atoms with Crippen molar-refractivity contribution in [2.24, 2.45) is 0 Å². The summed E-state index contributed by atoms with van der Waals surface area (Å²) in [6.07, 6.45) is 0. The van der Waals surface area contributed by atoms with Crippen LogP contribution in [-0.2, 0) is 17.9 Å². The molecule has 146 valence electrons. The van der Waals surface area contributed by atoms with Crippen LogP contribution in [0.5, 0.6) is 0 Å². The lowest BCUT2D eigenvalue weighted by Crippen LogP contribution is -2.38. The summed E-state index contributed by atoms with van der Waals surface area (Å²) >= 11 is 0. The van der Waals surface area contributed by atoms with E-state index in [2.05, 4.69) is 5.10 Å². The Morgan fingerprint density at radius 2 is 1.83 bits per heavy atom. The minimum Gasteiger partial charge on any atom is -0.306 e. The first-order chi connectivity index (χ1) is 13.9. The van der Waals surface area contributed by atoms with Crippen LogP contribution in [0.4, 0.5) is 5.69 Å². The lowest BCUT2D eigenvalue weighted by molar-refractivity contribution is -0.119. The van der Waals surface area contributed by atoms with Crippen LogP contribution < -0.4 is 10.5 Å². The van der Waals surface area contributed by atoms with Crippen molar-refractivity contribution >= 4 is 11.6 Å². The predicted octanol–water partition coefficient (Wildman–Crippen LogP) is 3.27. The van der Waals surface area contributed by atoms with Crippen molar-refractivity contribution in [2.75, 3.05) is 4.90 Å². The van der Waals surface area contributed by atoms with Crippen LogP contribution in [0.15, 0.2) is 59.4 Å². The van der Waals surface area contributed by atoms with E-state index in [0.717, 1.165) is 21.5 Å². The molecule has 0 saturated heterocycles. The largest absolute Gasteiger partial charge is 0.306 e. The Kier molecular flexibility index (Phi) is 5.89. The highest BCUT2D eigenvalue weighted by Gasteiger charge is 2.20. The van der Waals surface area contributed by atoms with Crippen LogP contribution in [0, 0.1) is 32.1 Å². The van der Waals surface area contributed by atoms with Crippen molar-refractivity contribution in [1.29, 1.82) is 5.26 Å². The molecule has 29 heavy (non-hydrogen) atoms. The molecule has 6 heteroatoms. The number of aryl methyl sites for hydroxylation is 2. The second kappa shape index (κ2) is 8.53. The van der Waals surface area contributed by atoms with Gasteiger partial charge < -0.3 is 4.90 Å². The van der Waals surface area contributed by atoms with Crippen LogP contribution >= 0.6 is 0 Å². The van der Waals surface area contributed by atoms with Crippen molar-refractivity contribution in [1.82, 2.24) is 9.78 Å². The molecule has 0 bridgehead atoms. The highest BCUT2D eigenvalue weighted by Crippen LogP contribution is 2.19. The minimum atomic E-state index is -0.548. The first-order valence-corrected chi connectivity index (χ1v) is 9.30. The van der Waals surface area contributed by atoms with Gasteiger partial charge in [-0.05, 0) is 49.6 Å². The van der Waals surface area contributed by atoms with E-state index in [-0.39, 0.29) is 18.0 Å². The first-order valence-electron chi connectivity index (χ1n) is 9.30. The summed E-state index contributed by atoms with van der Waals surface area (Å²) < 4.78 is 1.08. The number of nitrogens with zero attached hydrogens (tertiary/aromatic N) is 4. The number of amides is 1. The molecule has 0 fully saturated rings. The molecule has 0 N–H and O–H groups in total. The Bertz CT molecular complexity index is 1140. The van der Waals surface area contributed by atoms with Gasteiger partial charge in [0.2, 0.25) is 5.91 Å². The van der Waals surface area contributed by atoms with Crippen molar-refractivity contribution in [3.05, 3.63) is 92.9 Å². The fraction of sp³-hybridized carbons (Fsp3) is 0.217. The molecule has 0 aliphatic carbocycles. The average Bonchev–Trinajstić information content (AvgIpc) is 2.71. The summed E-state index contributed by atoms with van der Waals surface area (Å²) in [6.45, 7) is 5.49. The number of hydrogen-bond acceptors (Lipinski definition) is 4. The Hall–Kier alpha value is -3.72. The van der Waals surface area contributed by atoms with E-state index in [9.17, 15) is 14.9 Å². The molecular formula is C23H22N4O2. The van der Waals surface area contributed by atoms with Crippen LogP contribution in [0.1, 0.15) is 27.9 Å². The maximum absolute atomic E-state index is 13.2. The molecule has 3 aromatic rings. The molecule has 0 radical (unpaired) electrons. The fourth-order valence-electron chi connectivity index (χ4n) is 3.11. The summed E-state index contributed by atoms with van der Waals surface area (Å²) in [6, 6.07) is 19.2. The summed E-state index contributed by atoms with van der Waals surface area (Å²) in [5.74, 6) is -0.277. The predicted molar refractivity (Wildman–Crippen MR) is 111 cm³/mol. The number of aromatic nitrogens is 2. The van der Waals surface area contributed by atoms with Gasteiger partial charge in [0.25, 0.3) is 5.56 Å². The van der Waals surface area contributed by atoms with E-state index < -0.39 is 5.56 Å². The highest BCUT2D eigenvalue weighted by atomic mass is 16.2. The monoisotopic (exact) mass is 386 g/mol. The molecule has 3 rings (SSSR count). The van der Waals surface area contributed by atoms with Crippen LogP contribution in [-0.4, -0.2) is 15.7 Å². The second-order valence-electron chi connectivity index (χ2n) is 6.96. The summed E-state index contributed by atoms with van der Waals surface area (Å²) in [4.78, 5) is 27.4. The molecule has 1 aromatic heterocycles. The van der Waals surface area contributed by atoms with Crippen LogP contribution in [0.3, 0.4) is 0 Å². The lowest BCUT2D eigenvalue weighted by atomic mass is 10.1. The summed E-state index contributed by atoms with van der Waals surface area (Å²) in [5.41, 5.74) is 3.32. The smallest absolute Gasteiger partial charge is 0.285 e. The van der Waals surface area contributed by atoms with E-state index in [4.69, 9.17) is 0 Å². The van der Waals surface area contributed by atoms with Gasteiger partial charge in [0, 0.05) is 5.69 Å².